The van der Waals surface area contributed by atoms with Crippen molar-refractivity contribution in [2.24, 2.45) is 28.7 Å². The van der Waals surface area contributed by atoms with Crippen molar-refractivity contribution in [3.8, 4) is 0 Å². The highest BCUT2D eigenvalue weighted by Gasteiger charge is 2.58. The highest BCUT2D eigenvalue weighted by molar-refractivity contribution is 14.0. The number of aliphatic hydroxyl groups is 1. The van der Waals surface area contributed by atoms with Gasteiger partial charge in [0.2, 0.25) is 11.8 Å². The Morgan fingerprint density at radius 2 is 1.97 bits per heavy atom. The number of allylic oxidation sites excluding steroid dienone is 2. The number of amides is 2. The molecule has 2 amide bonds. The fourth-order valence-electron chi connectivity index (χ4n) is 4.56. The van der Waals surface area contributed by atoms with Gasteiger partial charge in [0.05, 0.1) is 24.6 Å². The van der Waals surface area contributed by atoms with E-state index in [0.717, 1.165) is 6.42 Å². The first-order valence-corrected chi connectivity index (χ1v) is 9.87. The van der Waals surface area contributed by atoms with Gasteiger partial charge in [-0.1, -0.05) is 12.2 Å². The first-order valence-electron chi connectivity index (χ1n) is 9.87. The Kier molecular flexibility index (Phi) is 6.99. The number of hydrogen-bond acceptors (Lipinski definition) is 5. The fourth-order valence-corrected chi connectivity index (χ4v) is 4.56. The lowest BCUT2D eigenvalue weighted by Crippen LogP contribution is -2.43. The summed E-state index contributed by atoms with van der Waals surface area (Å²) in [4.78, 5) is 31.1. The Bertz CT molecular complexity index is 764. The summed E-state index contributed by atoms with van der Waals surface area (Å²) in [6, 6.07) is 3.41. The number of halogens is 1. The number of aliphatic imine (C=N–C) groups is 1. The topological polar surface area (TPSA) is 107 Å². The Morgan fingerprint density at radius 1 is 1.28 bits per heavy atom. The average Bonchev–Trinajstić information content (AvgIpc) is 3.46. The second-order valence-electron chi connectivity index (χ2n) is 7.51. The van der Waals surface area contributed by atoms with E-state index in [1.807, 2.05) is 6.92 Å². The molecule has 2 fully saturated rings. The van der Waals surface area contributed by atoms with Crippen LogP contribution < -0.4 is 10.6 Å². The zero-order valence-electron chi connectivity index (χ0n) is 16.3. The third-order valence-corrected chi connectivity index (χ3v) is 5.83. The van der Waals surface area contributed by atoms with E-state index in [0.29, 0.717) is 31.4 Å². The third kappa shape index (κ3) is 4.20. The lowest BCUT2D eigenvalue weighted by Gasteiger charge is -2.18. The SMILES string of the molecule is CCNC(=NCC(O)c1ccco1)NCCN1C(=O)C2C3C=CC(C3)C2C1=O.I. The number of carbonyl (C=O) groups is 2. The molecular weight excluding hydrogens is 487 g/mol. The first kappa shape index (κ1) is 21.8. The second kappa shape index (κ2) is 9.29. The van der Waals surface area contributed by atoms with Crippen molar-refractivity contribution >= 4 is 41.8 Å². The molecule has 3 aliphatic rings. The number of furan rings is 1. The number of aliphatic hydroxyl groups excluding tert-OH is 1. The van der Waals surface area contributed by atoms with Crippen LogP contribution in [0.25, 0.3) is 0 Å². The van der Waals surface area contributed by atoms with Gasteiger partial charge < -0.3 is 20.2 Å². The van der Waals surface area contributed by atoms with Gasteiger partial charge >= 0.3 is 0 Å². The molecular formula is C20H27IN4O4. The van der Waals surface area contributed by atoms with Crippen LogP contribution in [-0.4, -0.2) is 54.0 Å². The highest BCUT2D eigenvalue weighted by Crippen LogP contribution is 2.52. The number of likely N-dealkylation sites (tertiary alicyclic amines) is 1. The Hall–Kier alpha value is -1.88. The molecule has 3 N–H and O–H groups in total. The van der Waals surface area contributed by atoms with Crippen LogP contribution in [0, 0.1) is 23.7 Å². The molecule has 2 heterocycles. The van der Waals surface area contributed by atoms with Crippen molar-refractivity contribution in [3.63, 3.8) is 0 Å². The number of hydrogen-bond donors (Lipinski definition) is 3. The van der Waals surface area contributed by atoms with Gasteiger partial charge in [-0.15, -0.1) is 24.0 Å². The summed E-state index contributed by atoms with van der Waals surface area (Å²) in [5.41, 5.74) is 0. The number of nitrogens with one attached hydrogen (secondary N) is 2. The van der Waals surface area contributed by atoms with Gasteiger partial charge in [-0.2, -0.15) is 0 Å². The fraction of sp³-hybridized carbons (Fsp3) is 0.550. The predicted octanol–water partition coefficient (Wildman–Crippen LogP) is 1.29. The molecule has 5 unspecified atom stereocenters. The smallest absolute Gasteiger partial charge is 0.233 e. The zero-order valence-corrected chi connectivity index (χ0v) is 18.6. The lowest BCUT2D eigenvalue weighted by atomic mass is 9.85. The van der Waals surface area contributed by atoms with Crippen molar-refractivity contribution in [2.45, 2.75) is 19.4 Å². The Labute approximate surface area is 186 Å². The molecule has 0 radical (unpaired) electrons. The molecule has 0 spiro atoms. The van der Waals surface area contributed by atoms with E-state index in [1.54, 1.807) is 12.1 Å². The summed E-state index contributed by atoms with van der Waals surface area (Å²) in [5, 5.41) is 16.3. The summed E-state index contributed by atoms with van der Waals surface area (Å²) in [6.45, 7) is 3.46. The van der Waals surface area contributed by atoms with Gasteiger partial charge in [-0.3, -0.25) is 19.5 Å². The minimum Gasteiger partial charge on any atom is -0.467 e. The van der Waals surface area contributed by atoms with Crippen LogP contribution in [0.2, 0.25) is 0 Å². The van der Waals surface area contributed by atoms with Crippen molar-refractivity contribution in [3.05, 3.63) is 36.3 Å². The van der Waals surface area contributed by atoms with Crippen LogP contribution in [0.15, 0.2) is 40.0 Å². The lowest BCUT2D eigenvalue weighted by molar-refractivity contribution is -0.140. The van der Waals surface area contributed by atoms with Gasteiger partial charge in [0.15, 0.2) is 5.96 Å². The monoisotopic (exact) mass is 514 g/mol. The van der Waals surface area contributed by atoms with Crippen molar-refractivity contribution in [2.75, 3.05) is 26.2 Å². The van der Waals surface area contributed by atoms with Crippen LogP contribution in [0.5, 0.6) is 0 Å². The van der Waals surface area contributed by atoms with Crippen molar-refractivity contribution < 1.29 is 19.1 Å². The molecule has 1 aliphatic heterocycles. The highest BCUT2D eigenvalue weighted by atomic mass is 127. The summed E-state index contributed by atoms with van der Waals surface area (Å²) in [7, 11) is 0. The molecule has 1 aromatic rings. The van der Waals surface area contributed by atoms with E-state index < -0.39 is 6.10 Å². The number of carbonyl (C=O) groups excluding carboxylic acids is 2. The molecule has 9 heteroatoms. The number of guanidine groups is 1. The van der Waals surface area contributed by atoms with Crippen LogP contribution in [0.4, 0.5) is 0 Å². The van der Waals surface area contributed by atoms with Gasteiger partial charge in [0, 0.05) is 19.6 Å². The maximum Gasteiger partial charge on any atom is 0.233 e. The summed E-state index contributed by atoms with van der Waals surface area (Å²) < 4.78 is 5.17. The second-order valence-corrected chi connectivity index (χ2v) is 7.51. The quantitative estimate of drug-likeness (QED) is 0.167. The van der Waals surface area contributed by atoms with Crippen LogP contribution >= 0.6 is 24.0 Å². The van der Waals surface area contributed by atoms with Gasteiger partial charge in [-0.25, -0.2) is 0 Å². The Balaban J connectivity index is 0.00000240. The van der Waals surface area contributed by atoms with E-state index in [2.05, 4.69) is 27.8 Å². The molecule has 29 heavy (non-hydrogen) atoms. The average molecular weight is 514 g/mol. The minimum atomic E-state index is -0.824. The maximum absolute atomic E-state index is 12.7. The van der Waals surface area contributed by atoms with E-state index >= 15 is 0 Å². The van der Waals surface area contributed by atoms with Crippen LogP contribution in [-0.2, 0) is 9.59 Å². The van der Waals surface area contributed by atoms with Gasteiger partial charge in [0.25, 0.3) is 0 Å². The maximum atomic E-state index is 12.7. The molecule has 5 atom stereocenters. The zero-order chi connectivity index (χ0) is 19.7. The first-order chi connectivity index (χ1) is 13.6. The molecule has 0 aromatic carbocycles. The standard InChI is InChI=1S/C20H26N4O4.HI/c1-2-21-20(23-11-14(25)15-4-3-9-28-15)22-7-8-24-18(26)16-12-5-6-13(10-12)17(16)19(24)27;/h3-6,9,12-14,16-17,25H,2,7-8,10-11H2,1H3,(H2,21,22,23);1H. The third-order valence-electron chi connectivity index (χ3n) is 5.83. The van der Waals surface area contributed by atoms with E-state index in [1.165, 1.54) is 11.2 Å². The van der Waals surface area contributed by atoms with Crippen LogP contribution in [0.3, 0.4) is 0 Å². The van der Waals surface area contributed by atoms with Gasteiger partial charge in [-0.05, 0) is 37.3 Å². The minimum absolute atomic E-state index is 0. The Morgan fingerprint density at radius 3 is 2.55 bits per heavy atom. The molecule has 158 valence electrons. The number of fused-ring (bicyclic) bond motifs is 5. The molecule has 8 nitrogen and oxygen atoms in total. The number of nitrogens with zero attached hydrogens (tertiary/aromatic N) is 2. The molecule has 2 bridgehead atoms. The van der Waals surface area contributed by atoms with Crippen molar-refractivity contribution in [1.29, 1.82) is 0 Å². The molecule has 1 aromatic heterocycles. The normalized spacial score (nSPS) is 28.5. The van der Waals surface area contributed by atoms with Gasteiger partial charge in [0.1, 0.15) is 11.9 Å². The number of imide groups is 1. The number of rotatable bonds is 7. The van der Waals surface area contributed by atoms with E-state index in [4.69, 9.17) is 4.42 Å². The summed E-state index contributed by atoms with van der Waals surface area (Å²) >= 11 is 0. The summed E-state index contributed by atoms with van der Waals surface area (Å²) in [5.74, 6) is 1.04. The molecule has 2 aliphatic carbocycles. The van der Waals surface area contributed by atoms with Crippen LogP contribution in [0.1, 0.15) is 25.2 Å². The molecule has 4 rings (SSSR count). The summed E-state index contributed by atoms with van der Waals surface area (Å²) in [6.07, 6.45) is 5.81. The van der Waals surface area contributed by atoms with Crippen molar-refractivity contribution in [1.82, 2.24) is 15.5 Å². The van der Waals surface area contributed by atoms with E-state index in [-0.39, 0.29) is 66.0 Å². The molecule has 1 saturated carbocycles. The molecule has 1 saturated heterocycles. The van der Waals surface area contributed by atoms with E-state index in [9.17, 15) is 14.7 Å². The predicted molar refractivity (Wildman–Crippen MR) is 118 cm³/mol. The largest absolute Gasteiger partial charge is 0.467 e.